The Balaban J connectivity index is 2.03. The molecule has 0 saturated heterocycles. The number of nitrogens with zero attached hydrogens (tertiary/aromatic N) is 2. The predicted octanol–water partition coefficient (Wildman–Crippen LogP) is 1.49. The van der Waals surface area contributed by atoms with Crippen LogP contribution in [0.25, 0.3) is 0 Å². The van der Waals surface area contributed by atoms with Crippen LogP contribution in [0.1, 0.15) is 34.0 Å². The van der Waals surface area contributed by atoms with E-state index in [-0.39, 0.29) is 11.9 Å². The maximum atomic E-state index is 11.9. The fourth-order valence-electron chi connectivity index (χ4n) is 1.51. The highest BCUT2D eigenvalue weighted by molar-refractivity contribution is 7.09. The largest absolute Gasteiger partial charge is 0.344 e. The second-order valence-electron chi connectivity index (χ2n) is 3.81. The lowest BCUT2D eigenvalue weighted by molar-refractivity contribution is 0.0935. The second-order valence-corrected chi connectivity index (χ2v) is 4.75. The van der Waals surface area contributed by atoms with Gasteiger partial charge in [0.05, 0.1) is 6.04 Å². The van der Waals surface area contributed by atoms with E-state index in [1.54, 1.807) is 17.8 Å². The molecule has 0 spiro atoms. The summed E-state index contributed by atoms with van der Waals surface area (Å²) in [5.41, 5.74) is 6.89. The minimum Gasteiger partial charge on any atom is -0.344 e. The van der Waals surface area contributed by atoms with Gasteiger partial charge in [-0.1, -0.05) is 0 Å². The van der Waals surface area contributed by atoms with E-state index in [4.69, 9.17) is 5.73 Å². The number of nitrogens with two attached hydrogens (primary N) is 1. The first-order chi connectivity index (χ1) is 8.70. The maximum Gasteiger partial charge on any atom is 0.271 e. The third-order valence-electron chi connectivity index (χ3n) is 2.51. The van der Waals surface area contributed by atoms with Gasteiger partial charge in [-0.15, -0.1) is 11.3 Å². The van der Waals surface area contributed by atoms with E-state index in [9.17, 15) is 4.79 Å². The van der Waals surface area contributed by atoms with Crippen LogP contribution in [0.15, 0.2) is 29.9 Å². The smallest absolute Gasteiger partial charge is 0.271 e. The molecule has 0 aliphatic heterocycles. The minimum absolute atomic E-state index is 0.0801. The van der Waals surface area contributed by atoms with Crippen LogP contribution in [0.3, 0.4) is 0 Å². The minimum atomic E-state index is -0.185. The molecule has 1 amide bonds. The van der Waals surface area contributed by atoms with Gasteiger partial charge in [-0.2, -0.15) is 0 Å². The molecule has 3 N–H and O–H groups in total. The molecule has 1 atom stereocenters. The SMILES string of the molecule is C[C@@H](NC(=O)c1csc(CN)n1)c1ccncc1. The summed E-state index contributed by atoms with van der Waals surface area (Å²) in [4.78, 5) is 20.0. The standard InChI is InChI=1S/C12H14N4OS/c1-8(9-2-4-14-5-3-9)15-12(17)10-7-18-11(6-13)16-10/h2-5,7-8H,6,13H2,1H3,(H,15,17)/t8-/m1/s1. The summed E-state index contributed by atoms with van der Waals surface area (Å²) < 4.78 is 0. The van der Waals surface area contributed by atoms with Crippen LogP contribution in [0.4, 0.5) is 0 Å². The molecule has 2 aromatic heterocycles. The Morgan fingerprint density at radius 3 is 2.83 bits per heavy atom. The van der Waals surface area contributed by atoms with Gasteiger partial charge in [0.15, 0.2) is 0 Å². The fourth-order valence-corrected chi connectivity index (χ4v) is 2.17. The molecule has 0 saturated carbocycles. The number of carbonyl (C=O) groups is 1. The number of pyridine rings is 1. The van der Waals surface area contributed by atoms with E-state index in [0.29, 0.717) is 12.2 Å². The Morgan fingerprint density at radius 2 is 2.22 bits per heavy atom. The molecule has 0 fully saturated rings. The summed E-state index contributed by atoms with van der Waals surface area (Å²) in [5, 5.41) is 5.37. The Hall–Kier alpha value is -1.79. The summed E-state index contributed by atoms with van der Waals surface area (Å²) in [6, 6.07) is 3.66. The number of carbonyl (C=O) groups excluding carboxylic acids is 1. The van der Waals surface area contributed by atoms with Crippen molar-refractivity contribution in [1.29, 1.82) is 0 Å². The average molecular weight is 262 g/mol. The molecule has 2 rings (SSSR count). The molecule has 0 aliphatic carbocycles. The predicted molar refractivity (Wildman–Crippen MR) is 70.1 cm³/mol. The summed E-state index contributed by atoms with van der Waals surface area (Å²) in [5.74, 6) is -0.185. The highest BCUT2D eigenvalue weighted by Crippen LogP contribution is 2.13. The van der Waals surface area contributed by atoms with Crippen LogP contribution < -0.4 is 11.1 Å². The van der Waals surface area contributed by atoms with Crippen LogP contribution >= 0.6 is 11.3 Å². The van der Waals surface area contributed by atoms with Crippen molar-refractivity contribution < 1.29 is 4.79 Å². The van der Waals surface area contributed by atoms with Gasteiger partial charge in [0.1, 0.15) is 10.7 Å². The van der Waals surface area contributed by atoms with Crippen molar-refractivity contribution in [3.05, 3.63) is 46.2 Å². The van der Waals surface area contributed by atoms with E-state index in [0.717, 1.165) is 10.6 Å². The van der Waals surface area contributed by atoms with E-state index in [1.807, 2.05) is 19.1 Å². The summed E-state index contributed by atoms with van der Waals surface area (Å²) in [6.07, 6.45) is 3.40. The zero-order valence-electron chi connectivity index (χ0n) is 9.96. The Kier molecular flexibility index (Phi) is 4.01. The van der Waals surface area contributed by atoms with Crippen LogP contribution in [-0.2, 0) is 6.54 Å². The van der Waals surface area contributed by atoms with Crippen molar-refractivity contribution in [2.45, 2.75) is 19.5 Å². The summed E-state index contributed by atoms with van der Waals surface area (Å²) in [6.45, 7) is 2.28. The third kappa shape index (κ3) is 2.91. The molecule has 2 aromatic rings. The molecule has 0 aromatic carbocycles. The van der Waals surface area contributed by atoms with Gasteiger partial charge < -0.3 is 11.1 Å². The Bertz CT molecular complexity index is 526. The first kappa shape index (κ1) is 12.7. The number of nitrogens with one attached hydrogen (secondary N) is 1. The quantitative estimate of drug-likeness (QED) is 0.874. The normalized spacial score (nSPS) is 12.1. The maximum absolute atomic E-state index is 11.9. The van der Waals surface area contributed by atoms with Gasteiger partial charge in [-0.05, 0) is 24.6 Å². The average Bonchev–Trinajstić information content (AvgIpc) is 2.88. The van der Waals surface area contributed by atoms with Crippen molar-refractivity contribution in [2.75, 3.05) is 0 Å². The van der Waals surface area contributed by atoms with Crippen molar-refractivity contribution >= 4 is 17.2 Å². The molecule has 2 heterocycles. The number of hydrogen-bond donors (Lipinski definition) is 2. The number of hydrogen-bond acceptors (Lipinski definition) is 5. The van der Waals surface area contributed by atoms with Crippen molar-refractivity contribution in [2.24, 2.45) is 5.73 Å². The first-order valence-corrected chi connectivity index (χ1v) is 6.44. The van der Waals surface area contributed by atoms with Gasteiger partial charge in [0.25, 0.3) is 5.91 Å². The zero-order chi connectivity index (χ0) is 13.0. The Labute approximate surface area is 109 Å². The number of amides is 1. The molecule has 0 unspecified atom stereocenters. The van der Waals surface area contributed by atoms with Gasteiger partial charge in [-0.3, -0.25) is 9.78 Å². The van der Waals surface area contributed by atoms with E-state index in [2.05, 4.69) is 15.3 Å². The van der Waals surface area contributed by atoms with E-state index in [1.165, 1.54) is 11.3 Å². The molecule has 94 valence electrons. The lowest BCUT2D eigenvalue weighted by Gasteiger charge is -2.12. The number of rotatable bonds is 4. The summed E-state index contributed by atoms with van der Waals surface area (Å²) in [7, 11) is 0. The molecule has 0 bridgehead atoms. The van der Waals surface area contributed by atoms with Crippen LogP contribution in [-0.4, -0.2) is 15.9 Å². The molecule has 18 heavy (non-hydrogen) atoms. The van der Waals surface area contributed by atoms with Gasteiger partial charge >= 0.3 is 0 Å². The molecule has 5 nitrogen and oxygen atoms in total. The van der Waals surface area contributed by atoms with Gasteiger partial charge in [0, 0.05) is 24.3 Å². The Morgan fingerprint density at radius 1 is 1.50 bits per heavy atom. The second kappa shape index (κ2) is 5.70. The van der Waals surface area contributed by atoms with Gasteiger partial charge in [0.2, 0.25) is 0 Å². The fraction of sp³-hybridized carbons (Fsp3) is 0.250. The number of thiazole rings is 1. The van der Waals surface area contributed by atoms with E-state index >= 15 is 0 Å². The first-order valence-electron chi connectivity index (χ1n) is 5.56. The molecule has 0 aliphatic rings. The number of aromatic nitrogens is 2. The topological polar surface area (TPSA) is 80.9 Å². The van der Waals surface area contributed by atoms with Crippen molar-refractivity contribution in [3.63, 3.8) is 0 Å². The van der Waals surface area contributed by atoms with Crippen LogP contribution in [0, 0.1) is 0 Å². The summed E-state index contributed by atoms with van der Waals surface area (Å²) >= 11 is 1.39. The molecular formula is C12H14N4OS. The molecule has 6 heteroatoms. The van der Waals surface area contributed by atoms with Crippen molar-refractivity contribution in [3.8, 4) is 0 Å². The van der Waals surface area contributed by atoms with Crippen LogP contribution in [0.5, 0.6) is 0 Å². The highest BCUT2D eigenvalue weighted by atomic mass is 32.1. The van der Waals surface area contributed by atoms with E-state index < -0.39 is 0 Å². The lowest BCUT2D eigenvalue weighted by Crippen LogP contribution is -2.27. The molecular weight excluding hydrogens is 248 g/mol. The zero-order valence-corrected chi connectivity index (χ0v) is 10.8. The van der Waals surface area contributed by atoms with Crippen LogP contribution in [0.2, 0.25) is 0 Å². The van der Waals surface area contributed by atoms with Gasteiger partial charge in [-0.25, -0.2) is 4.98 Å². The highest BCUT2D eigenvalue weighted by Gasteiger charge is 2.13. The third-order valence-corrected chi connectivity index (χ3v) is 3.38. The monoisotopic (exact) mass is 262 g/mol. The van der Waals surface area contributed by atoms with Crippen molar-refractivity contribution in [1.82, 2.24) is 15.3 Å². The lowest BCUT2D eigenvalue weighted by atomic mass is 10.1. The molecule has 0 radical (unpaired) electrons.